The molecule has 0 spiro atoms. The third-order valence-electron chi connectivity index (χ3n) is 4.76. The molecule has 2 amide bonds. The van der Waals surface area contributed by atoms with Gasteiger partial charge in [-0.1, -0.05) is 6.07 Å². The van der Waals surface area contributed by atoms with Crippen LogP contribution in [0.25, 0.3) is 0 Å². The molecule has 2 aliphatic heterocycles. The van der Waals surface area contributed by atoms with Crippen molar-refractivity contribution in [3.05, 3.63) is 35.4 Å². The maximum absolute atomic E-state index is 12.9. The highest BCUT2D eigenvalue weighted by Crippen LogP contribution is 2.28. The van der Waals surface area contributed by atoms with Gasteiger partial charge in [-0.2, -0.15) is 5.26 Å². The van der Waals surface area contributed by atoms with Crippen LogP contribution in [0.5, 0.6) is 0 Å². The number of sulfone groups is 1. The molecular formula is C17H19N3O5S. The molecule has 0 bridgehead atoms. The molecule has 0 saturated carbocycles. The van der Waals surface area contributed by atoms with E-state index in [-0.39, 0.29) is 43.0 Å². The third-order valence-corrected chi connectivity index (χ3v) is 6.46. The minimum Gasteiger partial charge on any atom is -0.375 e. The van der Waals surface area contributed by atoms with Gasteiger partial charge in [-0.15, -0.1) is 0 Å². The van der Waals surface area contributed by atoms with E-state index in [1.807, 2.05) is 6.07 Å². The van der Waals surface area contributed by atoms with E-state index in [0.717, 1.165) is 0 Å². The van der Waals surface area contributed by atoms with Gasteiger partial charge in [0.05, 0.1) is 35.2 Å². The lowest BCUT2D eigenvalue weighted by Gasteiger charge is -2.43. The van der Waals surface area contributed by atoms with Crippen molar-refractivity contribution in [3.63, 3.8) is 0 Å². The van der Waals surface area contributed by atoms with Crippen LogP contribution in [0.1, 0.15) is 15.9 Å². The van der Waals surface area contributed by atoms with Gasteiger partial charge in [0.15, 0.2) is 9.84 Å². The second-order valence-electron chi connectivity index (χ2n) is 6.42. The van der Waals surface area contributed by atoms with Crippen LogP contribution in [0.4, 0.5) is 0 Å². The summed E-state index contributed by atoms with van der Waals surface area (Å²) >= 11 is 0. The van der Waals surface area contributed by atoms with Gasteiger partial charge >= 0.3 is 0 Å². The number of fused-ring (bicyclic) bond motifs is 1. The molecule has 0 unspecified atom stereocenters. The zero-order chi connectivity index (χ0) is 18.9. The Bertz CT molecular complexity index is 877. The van der Waals surface area contributed by atoms with Gasteiger partial charge in [0.1, 0.15) is 6.61 Å². The summed E-state index contributed by atoms with van der Waals surface area (Å²) < 4.78 is 29.2. The van der Waals surface area contributed by atoms with E-state index in [0.29, 0.717) is 11.1 Å². The fourth-order valence-electron chi connectivity index (χ4n) is 3.61. The van der Waals surface area contributed by atoms with Crippen LogP contribution < -0.4 is 0 Å². The summed E-state index contributed by atoms with van der Waals surface area (Å²) in [4.78, 5) is 28.2. The van der Waals surface area contributed by atoms with E-state index in [9.17, 15) is 18.0 Å². The fraction of sp³-hybridized carbons (Fsp3) is 0.471. The highest BCUT2D eigenvalue weighted by molar-refractivity contribution is 7.91. The van der Waals surface area contributed by atoms with Crippen molar-refractivity contribution < 1.29 is 22.7 Å². The Balaban J connectivity index is 1.89. The topological polar surface area (TPSA) is 108 Å². The Kier molecular flexibility index (Phi) is 4.98. The summed E-state index contributed by atoms with van der Waals surface area (Å²) in [6, 6.07) is 7.13. The van der Waals surface area contributed by atoms with Gasteiger partial charge in [0.25, 0.3) is 5.91 Å². The highest BCUT2D eigenvalue weighted by atomic mass is 32.2. The minimum atomic E-state index is -3.35. The molecular weight excluding hydrogens is 358 g/mol. The molecule has 2 atom stereocenters. The summed E-state index contributed by atoms with van der Waals surface area (Å²) in [5, 5.41) is 9.01. The van der Waals surface area contributed by atoms with Crippen molar-refractivity contribution in [3.8, 4) is 6.07 Å². The van der Waals surface area contributed by atoms with Crippen molar-refractivity contribution >= 4 is 21.7 Å². The molecule has 2 fully saturated rings. The van der Waals surface area contributed by atoms with E-state index in [2.05, 4.69) is 0 Å². The smallest absolute Gasteiger partial charge is 0.254 e. The van der Waals surface area contributed by atoms with Crippen LogP contribution in [0.2, 0.25) is 0 Å². The number of hydrogen-bond donors (Lipinski definition) is 0. The molecule has 2 saturated heterocycles. The number of hydrogen-bond acceptors (Lipinski definition) is 6. The third kappa shape index (κ3) is 3.43. The largest absolute Gasteiger partial charge is 0.375 e. The molecule has 1 aromatic carbocycles. The van der Waals surface area contributed by atoms with Crippen molar-refractivity contribution in [2.24, 2.45) is 0 Å². The molecule has 138 valence electrons. The number of nitriles is 1. The predicted octanol–water partition coefficient (Wildman–Crippen LogP) is -0.345. The van der Waals surface area contributed by atoms with Crippen LogP contribution in [0.3, 0.4) is 0 Å². The Hall–Kier alpha value is -2.44. The van der Waals surface area contributed by atoms with Crippen molar-refractivity contribution in [2.75, 3.05) is 38.3 Å². The molecule has 0 N–H and O–H groups in total. The Labute approximate surface area is 151 Å². The molecule has 0 aliphatic carbocycles. The van der Waals surface area contributed by atoms with Gasteiger partial charge in [-0.05, 0) is 18.2 Å². The molecule has 0 aromatic heterocycles. The van der Waals surface area contributed by atoms with Crippen LogP contribution in [-0.4, -0.2) is 80.4 Å². The molecule has 2 heterocycles. The monoisotopic (exact) mass is 377 g/mol. The summed E-state index contributed by atoms with van der Waals surface area (Å²) in [6.07, 6.45) is 0. The first kappa shape index (κ1) is 18.4. The first-order valence-electron chi connectivity index (χ1n) is 8.16. The Morgan fingerprint density at radius 2 is 1.88 bits per heavy atom. The number of amides is 2. The van der Waals surface area contributed by atoms with Gasteiger partial charge in [0, 0.05) is 25.8 Å². The van der Waals surface area contributed by atoms with Crippen LogP contribution in [0.15, 0.2) is 24.3 Å². The number of ether oxygens (including phenoxy) is 1. The lowest BCUT2D eigenvalue weighted by atomic mass is 10.0. The number of benzene rings is 1. The summed E-state index contributed by atoms with van der Waals surface area (Å²) in [5.74, 6) is -0.931. The maximum atomic E-state index is 12.9. The van der Waals surface area contributed by atoms with Crippen LogP contribution >= 0.6 is 0 Å². The van der Waals surface area contributed by atoms with Crippen LogP contribution in [-0.2, 0) is 19.4 Å². The normalized spacial score (nSPS) is 24.0. The average Bonchev–Trinajstić information content (AvgIpc) is 2.95. The highest BCUT2D eigenvalue weighted by Gasteiger charge is 2.49. The SMILES string of the molecule is COCC(=O)N1CCN(C(=O)c2cccc(C#N)c2)[C@H]2CS(=O)(=O)C[C@H]21. The van der Waals surface area contributed by atoms with Crippen LogP contribution in [0, 0.1) is 11.3 Å². The standard InChI is InChI=1S/C17H19N3O5S/c1-25-9-16(21)19-5-6-20(15-11-26(23,24)10-14(15)19)17(22)13-4-2-3-12(7-13)8-18/h2-4,7,14-15H,5-6,9-11H2,1H3/t14-,15+/m1/s1. The Morgan fingerprint density at radius 3 is 2.54 bits per heavy atom. The average molecular weight is 377 g/mol. The number of carbonyl (C=O) groups is 2. The Morgan fingerprint density at radius 1 is 1.23 bits per heavy atom. The molecule has 0 radical (unpaired) electrons. The molecule has 1 aromatic rings. The van der Waals surface area contributed by atoms with Gasteiger partial charge in [0.2, 0.25) is 5.91 Å². The van der Waals surface area contributed by atoms with Gasteiger partial charge in [-0.3, -0.25) is 9.59 Å². The quantitative estimate of drug-likeness (QED) is 0.713. The molecule has 9 heteroatoms. The molecule has 8 nitrogen and oxygen atoms in total. The number of piperazine rings is 1. The summed E-state index contributed by atoms with van der Waals surface area (Å²) in [7, 11) is -1.95. The molecule has 3 rings (SSSR count). The first-order chi connectivity index (χ1) is 12.4. The lowest BCUT2D eigenvalue weighted by molar-refractivity contribution is -0.140. The van der Waals surface area contributed by atoms with E-state index in [1.165, 1.54) is 23.0 Å². The molecule has 2 aliphatic rings. The maximum Gasteiger partial charge on any atom is 0.254 e. The van der Waals surface area contributed by atoms with Crippen molar-refractivity contribution in [1.29, 1.82) is 5.26 Å². The summed E-state index contributed by atoms with van der Waals surface area (Å²) in [6.45, 7) is 0.367. The second kappa shape index (κ2) is 7.05. The van der Waals surface area contributed by atoms with Gasteiger partial charge < -0.3 is 14.5 Å². The lowest BCUT2D eigenvalue weighted by Crippen LogP contribution is -2.62. The van der Waals surface area contributed by atoms with E-state index < -0.39 is 21.9 Å². The zero-order valence-corrected chi connectivity index (χ0v) is 15.1. The first-order valence-corrected chi connectivity index (χ1v) is 9.98. The van der Waals surface area contributed by atoms with E-state index in [1.54, 1.807) is 18.2 Å². The van der Waals surface area contributed by atoms with E-state index >= 15 is 0 Å². The minimum absolute atomic E-state index is 0.124. The number of methoxy groups -OCH3 is 1. The number of rotatable bonds is 3. The van der Waals surface area contributed by atoms with E-state index in [4.69, 9.17) is 10.00 Å². The fourth-order valence-corrected chi connectivity index (χ4v) is 5.59. The molecule has 26 heavy (non-hydrogen) atoms. The zero-order valence-electron chi connectivity index (χ0n) is 14.3. The van der Waals surface area contributed by atoms with Crippen molar-refractivity contribution in [2.45, 2.75) is 12.1 Å². The predicted molar refractivity (Wildman–Crippen MR) is 92.0 cm³/mol. The second-order valence-corrected chi connectivity index (χ2v) is 8.58. The van der Waals surface area contributed by atoms with Crippen molar-refractivity contribution in [1.82, 2.24) is 9.80 Å². The summed E-state index contributed by atoms with van der Waals surface area (Å²) in [5.41, 5.74) is 0.698. The van der Waals surface area contributed by atoms with Gasteiger partial charge in [-0.25, -0.2) is 8.42 Å². The number of nitrogens with zero attached hydrogens (tertiary/aromatic N) is 3. The number of carbonyl (C=O) groups excluding carboxylic acids is 2.